The molecule has 1 heterocycles. The van der Waals surface area contributed by atoms with E-state index in [9.17, 15) is 14.4 Å². The number of aromatic nitrogens is 1. The zero-order valence-electron chi connectivity index (χ0n) is 19.0. The topological polar surface area (TPSA) is 131 Å². The average Bonchev–Trinajstić information content (AvgIpc) is 3.48. The summed E-state index contributed by atoms with van der Waals surface area (Å²) in [5, 5.41) is 3.72. The molecule has 0 spiro atoms. The van der Waals surface area contributed by atoms with Gasteiger partial charge in [0.25, 0.3) is 11.8 Å². The Hall–Kier alpha value is -2.65. The first-order valence-corrected chi connectivity index (χ1v) is 13.0. The van der Waals surface area contributed by atoms with Crippen LogP contribution < -0.4 is 16.8 Å². The van der Waals surface area contributed by atoms with Gasteiger partial charge in [-0.15, -0.1) is 0 Å². The first kappa shape index (κ1) is 24.5. The van der Waals surface area contributed by atoms with Crippen LogP contribution in [-0.2, 0) is 4.79 Å². The minimum absolute atomic E-state index is 0.0330. The van der Waals surface area contributed by atoms with Crippen LogP contribution in [0.25, 0.3) is 0 Å². The summed E-state index contributed by atoms with van der Waals surface area (Å²) in [6.07, 6.45) is 8.62. The van der Waals surface area contributed by atoms with Gasteiger partial charge in [-0.25, -0.2) is 0 Å². The van der Waals surface area contributed by atoms with Gasteiger partial charge in [0.15, 0.2) is 5.69 Å². The maximum absolute atomic E-state index is 14.0. The molecular weight excluding hydrogens is 474 g/mol. The minimum Gasteiger partial charge on any atom is -0.395 e. The fourth-order valence-corrected chi connectivity index (χ4v) is 5.91. The van der Waals surface area contributed by atoms with Crippen molar-refractivity contribution in [3.8, 4) is 0 Å². The third-order valence-electron chi connectivity index (χ3n) is 6.77. The molecule has 8 nitrogen and oxygen atoms in total. The Morgan fingerprint density at radius 3 is 2.24 bits per heavy atom. The van der Waals surface area contributed by atoms with Crippen LogP contribution in [0.2, 0.25) is 5.02 Å². The highest BCUT2D eigenvalue weighted by atomic mass is 35.5. The number of nitrogens with one attached hydrogen (secondary N) is 1. The average molecular weight is 504 g/mol. The largest absolute Gasteiger partial charge is 0.395 e. The van der Waals surface area contributed by atoms with Crippen molar-refractivity contribution in [1.29, 1.82) is 0 Å². The molecule has 3 amide bonds. The van der Waals surface area contributed by atoms with E-state index in [0.29, 0.717) is 10.6 Å². The van der Waals surface area contributed by atoms with E-state index in [-0.39, 0.29) is 34.2 Å². The Balaban J connectivity index is 1.77. The molecule has 34 heavy (non-hydrogen) atoms. The molecule has 0 saturated heterocycles. The van der Waals surface area contributed by atoms with Gasteiger partial charge >= 0.3 is 0 Å². The van der Waals surface area contributed by atoms with Crippen LogP contribution in [0.4, 0.5) is 5.69 Å². The highest BCUT2D eigenvalue weighted by Crippen LogP contribution is 2.35. The fraction of sp³-hybridized carbons (Fsp3) is 0.500. The zero-order valence-corrected chi connectivity index (χ0v) is 20.5. The first-order valence-electron chi connectivity index (χ1n) is 11.8. The summed E-state index contributed by atoms with van der Waals surface area (Å²) in [6.45, 7) is 0. The number of halogens is 1. The van der Waals surface area contributed by atoms with Crippen LogP contribution in [0, 0.1) is 0 Å². The molecule has 10 heteroatoms. The van der Waals surface area contributed by atoms with E-state index in [1.807, 2.05) is 0 Å². The van der Waals surface area contributed by atoms with Crippen molar-refractivity contribution < 1.29 is 14.4 Å². The van der Waals surface area contributed by atoms with Gasteiger partial charge in [0.05, 0.1) is 5.69 Å². The molecule has 2 aliphatic carbocycles. The smallest absolute Gasteiger partial charge is 0.270 e. The molecule has 4 rings (SSSR count). The second-order valence-corrected chi connectivity index (χ2v) is 10.3. The second kappa shape index (κ2) is 10.7. The normalized spacial score (nSPS) is 17.9. The van der Waals surface area contributed by atoms with Crippen molar-refractivity contribution in [2.24, 2.45) is 5.73 Å². The van der Waals surface area contributed by atoms with Crippen molar-refractivity contribution in [2.45, 2.75) is 75.9 Å². The van der Waals surface area contributed by atoms with Gasteiger partial charge in [-0.1, -0.05) is 55.8 Å². The Bertz CT molecular complexity index is 1050. The van der Waals surface area contributed by atoms with Crippen LogP contribution in [-0.4, -0.2) is 39.1 Å². The highest BCUT2D eigenvalue weighted by Gasteiger charge is 2.40. The van der Waals surface area contributed by atoms with E-state index in [1.54, 1.807) is 29.2 Å². The van der Waals surface area contributed by atoms with Crippen LogP contribution >= 0.6 is 23.1 Å². The van der Waals surface area contributed by atoms with Gasteiger partial charge in [0.1, 0.15) is 10.9 Å². The lowest BCUT2D eigenvalue weighted by atomic mass is 9.91. The van der Waals surface area contributed by atoms with Gasteiger partial charge in [-0.3, -0.25) is 14.4 Å². The molecule has 0 aliphatic heterocycles. The molecule has 2 aliphatic rings. The van der Waals surface area contributed by atoms with Gasteiger partial charge in [-0.2, -0.15) is 4.37 Å². The van der Waals surface area contributed by atoms with Crippen LogP contribution in [0.5, 0.6) is 0 Å². The molecule has 2 fully saturated rings. The Morgan fingerprint density at radius 1 is 1.03 bits per heavy atom. The van der Waals surface area contributed by atoms with Crippen molar-refractivity contribution in [2.75, 3.05) is 5.73 Å². The number of hydrogen-bond acceptors (Lipinski definition) is 6. The summed E-state index contributed by atoms with van der Waals surface area (Å²) in [5.41, 5.74) is 12.0. The van der Waals surface area contributed by atoms with E-state index < -0.39 is 17.9 Å². The van der Waals surface area contributed by atoms with Crippen LogP contribution in [0.1, 0.15) is 89.6 Å². The third-order valence-corrected chi connectivity index (χ3v) is 7.87. The number of rotatable bonds is 7. The Labute approximate surface area is 208 Å². The Kier molecular flexibility index (Phi) is 7.73. The number of hydrogen-bond donors (Lipinski definition) is 3. The summed E-state index contributed by atoms with van der Waals surface area (Å²) < 4.78 is 4.01. The van der Waals surface area contributed by atoms with Crippen molar-refractivity contribution in [3.05, 3.63) is 45.4 Å². The van der Waals surface area contributed by atoms with Crippen molar-refractivity contribution >= 4 is 46.5 Å². The van der Waals surface area contributed by atoms with Crippen molar-refractivity contribution in [1.82, 2.24) is 14.6 Å². The summed E-state index contributed by atoms with van der Waals surface area (Å²) in [6, 6.07) is 6.12. The molecule has 2 saturated carbocycles. The van der Waals surface area contributed by atoms with E-state index in [2.05, 4.69) is 9.69 Å². The maximum Gasteiger partial charge on any atom is 0.270 e. The number of nitrogens with two attached hydrogens (primary N) is 2. The molecule has 0 unspecified atom stereocenters. The molecule has 0 radical (unpaired) electrons. The number of carbonyl (C=O) groups excluding carboxylic acids is 3. The number of nitrogen functional groups attached to an aromatic ring is 1. The SMILES string of the molecule is NC(=O)c1nsc(C(=O)N(C2CCCCC2)[C@@H](C(=O)NC2CCCC2)c2ccc(Cl)cc2)c1N. The lowest BCUT2D eigenvalue weighted by Crippen LogP contribution is -2.50. The summed E-state index contributed by atoms with van der Waals surface area (Å²) >= 11 is 6.97. The van der Waals surface area contributed by atoms with E-state index >= 15 is 0 Å². The molecular formula is C24H30ClN5O3S. The minimum atomic E-state index is -0.855. The standard InChI is InChI=1S/C24H30ClN5O3S/c25-15-12-10-14(11-13-15)20(23(32)28-16-6-4-5-7-16)30(17-8-2-1-3-9-17)24(33)21-18(26)19(22(27)31)29-34-21/h10-13,16-17,20H,1-9,26H2,(H2,27,31)(H,28,32)/t20-/m1/s1. The molecule has 5 N–H and O–H groups in total. The third kappa shape index (κ3) is 5.20. The molecule has 1 atom stereocenters. The summed E-state index contributed by atoms with van der Waals surface area (Å²) in [7, 11) is 0. The van der Waals surface area contributed by atoms with Gasteiger partial charge in [0.2, 0.25) is 5.91 Å². The second-order valence-electron chi connectivity index (χ2n) is 9.09. The van der Waals surface area contributed by atoms with Gasteiger partial charge < -0.3 is 21.7 Å². The highest BCUT2D eigenvalue weighted by molar-refractivity contribution is 7.09. The first-order chi connectivity index (χ1) is 16.4. The lowest BCUT2D eigenvalue weighted by molar-refractivity contribution is -0.127. The maximum atomic E-state index is 14.0. The quantitative estimate of drug-likeness (QED) is 0.524. The number of anilines is 1. The molecule has 182 valence electrons. The number of benzene rings is 1. The van der Waals surface area contributed by atoms with Gasteiger partial charge in [-0.05, 0) is 54.9 Å². The van der Waals surface area contributed by atoms with E-state index in [0.717, 1.165) is 69.3 Å². The number of carbonyl (C=O) groups is 3. The van der Waals surface area contributed by atoms with Gasteiger partial charge in [0, 0.05) is 17.1 Å². The molecule has 0 bridgehead atoms. The molecule has 2 aromatic rings. The van der Waals surface area contributed by atoms with E-state index in [4.69, 9.17) is 23.1 Å². The number of nitrogens with zero attached hydrogens (tertiary/aromatic N) is 2. The van der Waals surface area contributed by atoms with Crippen molar-refractivity contribution in [3.63, 3.8) is 0 Å². The fourth-order valence-electron chi connectivity index (χ4n) is 5.03. The lowest BCUT2D eigenvalue weighted by Gasteiger charge is -2.39. The van der Waals surface area contributed by atoms with Crippen LogP contribution in [0.3, 0.4) is 0 Å². The molecule has 1 aromatic carbocycles. The predicted molar refractivity (Wildman–Crippen MR) is 133 cm³/mol. The van der Waals surface area contributed by atoms with E-state index in [1.165, 1.54) is 0 Å². The summed E-state index contributed by atoms with van der Waals surface area (Å²) in [4.78, 5) is 41.2. The monoisotopic (exact) mass is 503 g/mol. The summed E-state index contributed by atoms with van der Waals surface area (Å²) in [5.74, 6) is -1.41. The molecule has 1 aromatic heterocycles. The van der Waals surface area contributed by atoms with Crippen LogP contribution in [0.15, 0.2) is 24.3 Å². The number of primary amides is 1. The Morgan fingerprint density at radius 2 is 1.65 bits per heavy atom. The zero-order chi connectivity index (χ0) is 24.2. The number of amides is 3. The predicted octanol–water partition coefficient (Wildman–Crippen LogP) is 4.05.